The molecule has 14 heavy (non-hydrogen) atoms. The molecular weight excluding hydrogens is 235 g/mol. The molecule has 0 amide bonds. The first-order chi connectivity index (χ1) is 6.75. The van der Waals surface area contributed by atoms with E-state index in [0.29, 0.717) is 0 Å². The SMILES string of the molecule is Cc1ccc(N2CCC([AsH2])CC2)nc1. The average Bonchev–Trinajstić information content (AvgIpc) is 2.21. The molecule has 1 saturated heterocycles. The fraction of sp³-hybridized carbons (Fsp3) is 0.545. The molecule has 1 aliphatic heterocycles. The molecule has 0 radical (unpaired) electrons. The molecule has 1 aromatic heterocycles. The van der Waals surface area contributed by atoms with Gasteiger partial charge in [-0.15, -0.1) is 0 Å². The molecule has 0 spiro atoms. The Labute approximate surface area is 94.2 Å². The van der Waals surface area contributed by atoms with E-state index in [1.165, 1.54) is 31.5 Å². The van der Waals surface area contributed by atoms with Crippen LogP contribution in [0.4, 0.5) is 5.82 Å². The van der Waals surface area contributed by atoms with Crippen molar-refractivity contribution in [2.45, 2.75) is 24.5 Å². The van der Waals surface area contributed by atoms with E-state index in [1.54, 1.807) is 0 Å². The zero-order valence-corrected chi connectivity index (χ0v) is 11.0. The van der Waals surface area contributed by atoms with Gasteiger partial charge in [0, 0.05) is 0 Å². The quantitative estimate of drug-likeness (QED) is 0.702. The summed E-state index contributed by atoms with van der Waals surface area (Å²) in [6.07, 6.45) is 4.61. The molecule has 0 N–H and O–H groups in total. The third-order valence-electron chi connectivity index (χ3n) is 2.76. The monoisotopic (exact) mass is 252 g/mol. The standard InChI is InChI=1S/C11H17AsN2/c1-9-2-3-11(13-8-9)14-6-4-10(12)5-7-14/h2-3,8,10H,4-7,12H2,1H3. The fourth-order valence-electron chi connectivity index (χ4n) is 1.78. The first-order valence-corrected chi connectivity index (χ1v) is 6.59. The van der Waals surface area contributed by atoms with Crippen LogP contribution in [0.3, 0.4) is 0 Å². The van der Waals surface area contributed by atoms with Crippen molar-refractivity contribution >= 4 is 22.7 Å². The molecule has 1 atom stereocenters. The topological polar surface area (TPSA) is 16.1 Å². The molecule has 2 heterocycles. The minimum atomic E-state index is 0.948. The van der Waals surface area contributed by atoms with Gasteiger partial charge in [-0.2, -0.15) is 0 Å². The second-order valence-corrected chi connectivity index (χ2v) is 6.00. The first-order valence-electron chi connectivity index (χ1n) is 5.19. The van der Waals surface area contributed by atoms with Crippen molar-refractivity contribution in [1.82, 2.24) is 4.98 Å². The number of nitrogens with zero attached hydrogens (tertiary/aromatic N) is 2. The van der Waals surface area contributed by atoms with Crippen molar-refractivity contribution in [3.05, 3.63) is 23.9 Å². The van der Waals surface area contributed by atoms with Crippen LogP contribution in [0, 0.1) is 6.92 Å². The molecule has 0 saturated carbocycles. The number of aryl methyl sites for hydroxylation is 1. The first kappa shape index (κ1) is 10.0. The number of rotatable bonds is 1. The van der Waals surface area contributed by atoms with E-state index in [1.807, 2.05) is 23.0 Å². The Balaban J connectivity index is 2.05. The zero-order valence-electron chi connectivity index (χ0n) is 8.61. The summed E-state index contributed by atoms with van der Waals surface area (Å²) in [6, 6.07) is 4.28. The van der Waals surface area contributed by atoms with Gasteiger partial charge in [0.25, 0.3) is 0 Å². The molecule has 1 aromatic rings. The van der Waals surface area contributed by atoms with Crippen LogP contribution in [0.15, 0.2) is 18.3 Å². The van der Waals surface area contributed by atoms with E-state index in [0.717, 1.165) is 10.5 Å². The summed E-state index contributed by atoms with van der Waals surface area (Å²) in [5, 5.41) is 0. The molecule has 1 unspecified atom stereocenters. The van der Waals surface area contributed by atoms with Gasteiger partial charge in [-0.25, -0.2) is 0 Å². The molecule has 1 aliphatic rings. The second kappa shape index (κ2) is 4.35. The number of pyridine rings is 1. The summed E-state index contributed by atoms with van der Waals surface area (Å²) in [5.74, 6) is 1.15. The van der Waals surface area contributed by atoms with Crippen LogP contribution in [0.2, 0.25) is 4.71 Å². The zero-order chi connectivity index (χ0) is 9.97. The molecule has 0 bridgehead atoms. The van der Waals surface area contributed by atoms with Crippen LogP contribution >= 0.6 is 0 Å². The van der Waals surface area contributed by atoms with Gasteiger partial charge in [-0.05, 0) is 0 Å². The molecular formula is C11H17AsN2. The predicted molar refractivity (Wildman–Crippen MR) is 62.7 cm³/mol. The van der Waals surface area contributed by atoms with Crippen molar-refractivity contribution < 1.29 is 0 Å². The second-order valence-electron chi connectivity index (χ2n) is 4.02. The Morgan fingerprint density at radius 3 is 2.64 bits per heavy atom. The van der Waals surface area contributed by atoms with Crippen molar-refractivity contribution in [2.24, 2.45) is 0 Å². The van der Waals surface area contributed by atoms with Crippen LogP contribution in [-0.4, -0.2) is 34.9 Å². The number of hydrogen-bond acceptors (Lipinski definition) is 2. The van der Waals surface area contributed by atoms with E-state index in [2.05, 4.69) is 28.9 Å². The summed E-state index contributed by atoms with van der Waals surface area (Å²) in [5.41, 5.74) is 1.24. The van der Waals surface area contributed by atoms with Gasteiger partial charge in [-0.3, -0.25) is 0 Å². The summed E-state index contributed by atoms with van der Waals surface area (Å²) < 4.78 is 0.948. The maximum atomic E-state index is 4.46. The third kappa shape index (κ3) is 2.30. The van der Waals surface area contributed by atoms with Crippen LogP contribution in [-0.2, 0) is 0 Å². The van der Waals surface area contributed by atoms with Crippen LogP contribution in [0.25, 0.3) is 0 Å². The number of aromatic nitrogens is 1. The van der Waals surface area contributed by atoms with Crippen LogP contribution in [0.5, 0.6) is 0 Å². The molecule has 3 heteroatoms. The Bertz CT molecular complexity index is 289. The van der Waals surface area contributed by atoms with Gasteiger partial charge in [0.1, 0.15) is 0 Å². The van der Waals surface area contributed by atoms with Gasteiger partial charge in [0.2, 0.25) is 0 Å². The van der Waals surface area contributed by atoms with E-state index in [-0.39, 0.29) is 0 Å². The van der Waals surface area contributed by atoms with Crippen molar-refractivity contribution in [1.29, 1.82) is 0 Å². The van der Waals surface area contributed by atoms with Gasteiger partial charge in [0.15, 0.2) is 0 Å². The number of anilines is 1. The Kier molecular flexibility index (Phi) is 3.12. The van der Waals surface area contributed by atoms with E-state index in [9.17, 15) is 0 Å². The minimum absolute atomic E-state index is 0.948. The van der Waals surface area contributed by atoms with E-state index >= 15 is 0 Å². The normalized spacial score (nSPS) is 18.6. The molecule has 2 rings (SSSR count). The maximum absolute atomic E-state index is 4.46. The fourth-order valence-corrected chi connectivity index (χ4v) is 2.40. The number of hydrogen-bond donors (Lipinski definition) is 0. The Morgan fingerprint density at radius 1 is 1.36 bits per heavy atom. The summed E-state index contributed by atoms with van der Waals surface area (Å²) in [4.78, 5) is 6.86. The van der Waals surface area contributed by atoms with Crippen molar-refractivity contribution in [3.8, 4) is 0 Å². The Hall–Kier alpha value is -0.492. The van der Waals surface area contributed by atoms with Gasteiger partial charge in [-0.1, -0.05) is 0 Å². The van der Waals surface area contributed by atoms with Crippen LogP contribution in [0.1, 0.15) is 18.4 Å². The summed E-state index contributed by atoms with van der Waals surface area (Å²) in [6.45, 7) is 4.44. The Morgan fingerprint density at radius 2 is 2.07 bits per heavy atom. The van der Waals surface area contributed by atoms with Gasteiger partial charge >= 0.3 is 94.0 Å². The molecule has 1 fully saturated rings. The molecule has 76 valence electrons. The van der Waals surface area contributed by atoms with Crippen molar-refractivity contribution in [3.63, 3.8) is 0 Å². The van der Waals surface area contributed by atoms with Gasteiger partial charge < -0.3 is 0 Å². The van der Waals surface area contributed by atoms with Crippen molar-refractivity contribution in [2.75, 3.05) is 18.0 Å². The number of piperidine rings is 1. The van der Waals surface area contributed by atoms with Gasteiger partial charge in [0.05, 0.1) is 0 Å². The van der Waals surface area contributed by atoms with E-state index in [4.69, 9.17) is 0 Å². The summed E-state index contributed by atoms with van der Waals surface area (Å²) >= 11 is 1.89. The third-order valence-corrected chi connectivity index (χ3v) is 4.16. The van der Waals surface area contributed by atoms with Crippen LogP contribution < -0.4 is 4.90 Å². The average molecular weight is 252 g/mol. The van der Waals surface area contributed by atoms with E-state index < -0.39 is 0 Å². The molecule has 0 aliphatic carbocycles. The molecule has 2 nitrogen and oxygen atoms in total. The summed E-state index contributed by atoms with van der Waals surface area (Å²) in [7, 11) is 0. The molecule has 0 aromatic carbocycles. The predicted octanol–water partition coefficient (Wildman–Crippen LogP) is 1.41.